The molecule has 0 N–H and O–H groups in total. The molecule has 1 atom stereocenters. The van der Waals surface area contributed by atoms with Gasteiger partial charge in [0, 0.05) is 11.5 Å². The Morgan fingerprint density at radius 2 is 2.53 bits per heavy atom. The van der Waals surface area contributed by atoms with Crippen molar-refractivity contribution in [3.05, 3.63) is 11.8 Å². The van der Waals surface area contributed by atoms with E-state index < -0.39 is 0 Å². The molecule has 94 valence electrons. The Morgan fingerprint density at radius 1 is 1.71 bits per heavy atom. The second-order valence-electron chi connectivity index (χ2n) is 3.87. The lowest BCUT2D eigenvalue weighted by Gasteiger charge is -2.30. The molecule has 0 aromatic heterocycles. The maximum Gasteiger partial charge on any atom is 0.306 e. The van der Waals surface area contributed by atoms with Crippen molar-refractivity contribution in [1.29, 1.82) is 0 Å². The van der Waals surface area contributed by atoms with Gasteiger partial charge in [-0.3, -0.25) is 14.5 Å². The van der Waals surface area contributed by atoms with Crippen LogP contribution in [0, 0.1) is 0 Å². The van der Waals surface area contributed by atoms with Gasteiger partial charge in [0.25, 0.3) is 0 Å². The van der Waals surface area contributed by atoms with Crippen molar-refractivity contribution < 1.29 is 19.1 Å². The van der Waals surface area contributed by atoms with Gasteiger partial charge in [0.05, 0.1) is 26.5 Å². The van der Waals surface area contributed by atoms with Crippen molar-refractivity contribution in [1.82, 2.24) is 4.90 Å². The summed E-state index contributed by atoms with van der Waals surface area (Å²) in [5.74, 6) is 2.38. The van der Waals surface area contributed by atoms with Crippen molar-refractivity contribution >= 4 is 23.6 Å². The van der Waals surface area contributed by atoms with Crippen molar-refractivity contribution in [2.24, 2.45) is 0 Å². The lowest BCUT2D eigenvalue weighted by atomic mass is 10.2. The minimum Gasteiger partial charge on any atom is -0.473 e. The Bertz CT molecular complexity index is 355. The Hall–Kier alpha value is -1.17. The zero-order valence-corrected chi connectivity index (χ0v) is 10.5. The van der Waals surface area contributed by atoms with E-state index in [2.05, 4.69) is 4.74 Å². The lowest BCUT2D eigenvalue weighted by molar-refractivity contribution is -0.154. The van der Waals surface area contributed by atoms with Gasteiger partial charge in [0.15, 0.2) is 6.23 Å². The average Bonchev–Trinajstić information content (AvgIpc) is 2.65. The first-order valence-electron chi connectivity index (χ1n) is 5.50. The molecule has 2 heterocycles. The molecule has 2 aliphatic heterocycles. The number of carbonyl (C=O) groups is 2. The van der Waals surface area contributed by atoms with Crippen molar-refractivity contribution in [2.75, 3.05) is 25.2 Å². The van der Waals surface area contributed by atoms with Gasteiger partial charge in [-0.05, 0) is 6.08 Å². The van der Waals surface area contributed by atoms with E-state index in [0.717, 1.165) is 17.3 Å². The molecule has 0 spiro atoms. The first-order chi connectivity index (χ1) is 8.20. The molecule has 0 aliphatic carbocycles. The van der Waals surface area contributed by atoms with E-state index in [-0.39, 0.29) is 18.1 Å². The summed E-state index contributed by atoms with van der Waals surface area (Å²) in [4.78, 5) is 23.7. The predicted octanol–water partition coefficient (Wildman–Crippen LogP) is 0.755. The number of ether oxygens (including phenoxy) is 2. The van der Waals surface area contributed by atoms with Crippen LogP contribution in [0.2, 0.25) is 0 Å². The highest BCUT2D eigenvalue weighted by atomic mass is 32.2. The summed E-state index contributed by atoms with van der Waals surface area (Å²) in [5, 5.41) is 0. The molecular weight excluding hydrogens is 242 g/mol. The second-order valence-corrected chi connectivity index (χ2v) is 5.02. The SMILES string of the molecule is COC(=O)CCSC/C=C1/CN2C(=O)C[C@H]2O1. The Labute approximate surface area is 104 Å². The quantitative estimate of drug-likeness (QED) is 0.413. The fourth-order valence-corrected chi connectivity index (χ4v) is 2.49. The molecule has 0 unspecified atom stereocenters. The highest BCUT2D eigenvalue weighted by molar-refractivity contribution is 7.99. The third kappa shape index (κ3) is 2.94. The fourth-order valence-electron chi connectivity index (χ4n) is 1.71. The van der Waals surface area contributed by atoms with Crippen LogP contribution in [0.1, 0.15) is 12.8 Å². The summed E-state index contributed by atoms with van der Waals surface area (Å²) in [6.07, 6.45) is 2.90. The summed E-state index contributed by atoms with van der Waals surface area (Å²) in [6.45, 7) is 0.598. The van der Waals surface area contributed by atoms with E-state index in [4.69, 9.17) is 4.74 Å². The standard InChI is InChI=1S/C11H15NO4S/c1-15-11(14)3-5-17-4-2-8-7-12-9(13)6-10(12)16-8/h2,10H,3-7H2,1H3/b8-2-/t10-/m1/s1. The fraction of sp³-hybridized carbons (Fsp3) is 0.636. The molecule has 2 rings (SSSR count). The maximum atomic E-state index is 11.1. The highest BCUT2D eigenvalue weighted by Crippen LogP contribution is 2.30. The van der Waals surface area contributed by atoms with Crippen LogP contribution in [-0.4, -0.2) is 48.2 Å². The van der Waals surface area contributed by atoms with E-state index in [1.165, 1.54) is 7.11 Å². The van der Waals surface area contributed by atoms with E-state index in [9.17, 15) is 9.59 Å². The van der Waals surface area contributed by atoms with Crippen LogP contribution in [0.5, 0.6) is 0 Å². The number of thioether (sulfide) groups is 1. The third-order valence-electron chi connectivity index (χ3n) is 2.74. The zero-order valence-electron chi connectivity index (χ0n) is 9.68. The molecular formula is C11H15NO4S. The summed E-state index contributed by atoms with van der Waals surface area (Å²) in [5.41, 5.74) is 0. The number of esters is 1. The van der Waals surface area contributed by atoms with Crippen molar-refractivity contribution in [3.63, 3.8) is 0 Å². The third-order valence-corrected chi connectivity index (χ3v) is 3.63. The number of rotatable bonds is 5. The Balaban J connectivity index is 1.62. The molecule has 0 aromatic carbocycles. The van der Waals surface area contributed by atoms with Crippen molar-refractivity contribution in [3.8, 4) is 0 Å². The van der Waals surface area contributed by atoms with Gasteiger partial charge >= 0.3 is 5.97 Å². The number of methoxy groups -OCH3 is 1. The van der Waals surface area contributed by atoms with Gasteiger partial charge < -0.3 is 9.47 Å². The summed E-state index contributed by atoms with van der Waals surface area (Å²) >= 11 is 1.65. The van der Waals surface area contributed by atoms with Gasteiger partial charge in [-0.1, -0.05) is 0 Å². The van der Waals surface area contributed by atoms with Crippen LogP contribution in [0.25, 0.3) is 0 Å². The van der Waals surface area contributed by atoms with E-state index >= 15 is 0 Å². The number of fused-ring (bicyclic) bond motifs is 1. The molecule has 2 aliphatic rings. The minimum atomic E-state index is -0.183. The molecule has 2 saturated heterocycles. The van der Waals surface area contributed by atoms with Gasteiger partial charge in [0.2, 0.25) is 5.91 Å². The first kappa shape index (κ1) is 12.3. The number of carbonyl (C=O) groups excluding carboxylic acids is 2. The topological polar surface area (TPSA) is 55.8 Å². The van der Waals surface area contributed by atoms with Crippen LogP contribution in [0.15, 0.2) is 11.8 Å². The average molecular weight is 257 g/mol. The first-order valence-corrected chi connectivity index (χ1v) is 6.66. The smallest absolute Gasteiger partial charge is 0.306 e. The largest absolute Gasteiger partial charge is 0.473 e. The Morgan fingerprint density at radius 3 is 3.18 bits per heavy atom. The number of β-lactam (4-membered cyclic amide) rings is 1. The zero-order chi connectivity index (χ0) is 12.3. The highest BCUT2D eigenvalue weighted by Gasteiger charge is 2.43. The molecule has 6 heteroatoms. The normalized spacial score (nSPS) is 24.3. The van der Waals surface area contributed by atoms with Gasteiger partial charge in [-0.25, -0.2) is 0 Å². The summed E-state index contributed by atoms with van der Waals surface area (Å²) in [6, 6.07) is 0. The summed E-state index contributed by atoms with van der Waals surface area (Å²) in [7, 11) is 1.39. The number of amides is 1. The van der Waals surface area contributed by atoms with Gasteiger partial charge in [-0.15, -0.1) is 0 Å². The van der Waals surface area contributed by atoms with Crippen LogP contribution in [-0.2, 0) is 19.1 Å². The lowest BCUT2D eigenvalue weighted by Crippen LogP contribution is -2.48. The summed E-state index contributed by atoms with van der Waals surface area (Å²) < 4.78 is 10.1. The van der Waals surface area contributed by atoms with Crippen LogP contribution < -0.4 is 0 Å². The molecule has 2 fully saturated rings. The van der Waals surface area contributed by atoms with Crippen LogP contribution in [0.4, 0.5) is 0 Å². The van der Waals surface area contributed by atoms with Crippen LogP contribution >= 0.6 is 11.8 Å². The second kappa shape index (κ2) is 5.44. The van der Waals surface area contributed by atoms with Crippen LogP contribution in [0.3, 0.4) is 0 Å². The maximum absolute atomic E-state index is 11.1. The number of hydrogen-bond donors (Lipinski definition) is 0. The number of hydrogen-bond acceptors (Lipinski definition) is 5. The predicted molar refractivity (Wildman–Crippen MR) is 63.2 cm³/mol. The van der Waals surface area contributed by atoms with E-state index in [1.54, 1.807) is 16.7 Å². The molecule has 17 heavy (non-hydrogen) atoms. The van der Waals surface area contributed by atoms with Gasteiger partial charge in [0.1, 0.15) is 5.76 Å². The number of nitrogens with zero attached hydrogens (tertiary/aromatic N) is 1. The molecule has 1 amide bonds. The Kier molecular flexibility index (Phi) is 3.93. The molecule has 0 radical (unpaired) electrons. The van der Waals surface area contributed by atoms with Crippen molar-refractivity contribution in [2.45, 2.75) is 19.1 Å². The minimum absolute atomic E-state index is 0.0196. The van der Waals surface area contributed by atoms with Gasteiger partial charge in [-0.2, -0.15) is 11.8 Å². The molecule has 0 saturated carbocycles. The monoisotopic (exact) mass is 257 g/mol. The van der Waals surface area contributed by atoms with E-state index in [0.29, 0.717) is 19.4 Å². The van der Waals surface area contributed by atoms with E-state index in [1.807, 2.05) is 6.08 Å². The molecule has 0 aromatic rings. The molecule has 5 nitrogen and oxygen atoms in total. The molecule has 0 bridgehead atoms.